The number of carbonyl (C=O) groups is 1. The van der Waals surface area contributed by atoms with Crippen molar-refractivity contribution in [2.75, 3.05) is 0 Å². The Balaban J connectivity index is 2.33. The van der Waals surface area contributed by atoms with Gasteiger partial charge in [0.15, 0.2) is 11.6 Å². The Labute approximate surface area is 150 Å². The number of carbonyl (C=O) groups excluding carboxylic acids is 1. The molecule has 0 bridgehead atoms. The molecule has 136 valence electrons. The maximum absolute atomic E-state index is 12.3. The molecule has 1 aromatic heterocycles. The van der Waals surface area contributed by atoms with E-state index < -0.39 is 5.60 Å². The Hall–Kier alpha value is -2.17. The van der Waals surface area contributed by atoms with Gasteiger partial charge >= 0.3 is 5.97 Å². The van der Waals surface area contributed by atoms with Crippen molar-refractivity contribution in [2.45, 2.75) is 72.4 Å². The molecule has 0 aliphatic heterocycles. The van der Waals surface area contributed by atoms with Crippen LogP contribution in [0.15, 0.2) is 24.3 Å². The summed E-state index contributed by atoms with van der Waals surface area (Å²) < 4.78 is 7.41. The molecule has 0 saturated heterocycles. The van der Waals surface area contributed by atoms with E-state index in [9.17, 15) is 4.79 Å². The third-order valence-corrected chi connectivity index (χ3v) is 3.66. The second-order valence-electron chi connectivity index (χ2n) is 7.26. The molecule has 0 aliphatic rings. The minimum atomic E-state index is -0.511. The SMILES string of the molecule is CCCCc1nc(-c2cccc(C(=O)OC(C)(C)C)c2)n(CCC)n1. The van der Waals surface area contributed by atoms with Crippen LogP contribution in [0, 0.1) is 0 Å². The van der Waals surface area contributed by atoms with Crippen molar-refractivity contribution in [1.82, 2.24) is 14.8 Å². The molecule has 2 aromatic rings. The largest absolute Gasteiger partial charge is 0.456 e. The van der Waals surface area contributed by atoms with E-state index in [0.29, 0.717) is 5.56 Å². The third kappa shape index (κ3) is 5.41. The van der Waals surface area contributed by atoms with Crippen molar-refractivity contribution in [2.24, 2.45) is 0 Å². The van der Waals surface area contributed by atoms with Gasteiger partial charge in [-0.2, -0.15) is 5.10 Å². The summed E-state index contributed by atoms with van der Waals surface area (Å²) >= 11 is 0. The Bertz CT molecular complexity index is 714. The number of esters is 1. The third-order valence-electron chi connectivity index (χ3n) is 3.66. The molecule has 0 radical (unpaired) electrons. The second-order valence-corrected chi connectivity index (χ2v) is 7.26. The fourth-order valence-corrected chi connectivity index (χ4v) is 2.53. The van der Waals surface area contributed by atoms with Gasteiger partial charge in [0, 0.05) is 18.5 Å². The molecular formula is C20H29N3O2. The lowest BCUT2D eigenvalue weighted by atomic mass is 10.1. The molecule has 25 heavy (non-hydrogen) atoms. The zero-order valence-corrected chi connectivity index (χ0v) is 16.0. The van der Waals surface area contributed by atoms with Crippen LogP contribution in [0.25, 0.3) is 11.4 Å². The van der Waals surface area contributed by atoms with Crippen molar-refractivity contribution < 1.29 is 9.53 Å². The average molecular weight is 343 g/mol. The van der Waals surface area contributed by atoms with Gasteiger partial charge in [-0.05, 0) is 45.7 Å². The Morgan fingerprint density at radius 3 is 2.60 bits per heavy atom. The molecule has 5 heteroatoms. The molecule has 2 rings (SSSR count). The number of ether oxygens (including phenoxy) is 1. The maximum Gasteiger partial charge on any atom is 0.338 e. The van der Waals surface area contributed by atoms with E-state index >= 15 is 0 Å². The number of hydrogen-bond donors (Lipinski definition) is 0. The fourth-order valence-electron chi connectivity index (χ4n) is 2.53. The number of benzene rings is 1. The Morgan fingerprint density at radius 2 is 1.96 bits per heavy atom. The first-order chi connectivity index (χ1) is 11.8. The predicted molar refractivity (Wildman–Crippen MR) is 99.5 cm³/mol. The van der Waals surface area contributed by atoms with Gasteiger partial charge in [0.2, 0.25) is 0 Å². The molecule has 0 atom stereocenters. The topological polar surface area (TPSA) is 57.0 Å². The highest BCUT2D eigenvalue weighted by Crippen LogP contribution is 2.21. The minimum Gasteiger partial charge on any atom is -0.456 e. The van der Waals surface area contributed by atoms with E-state index in [1.54, 1.807) is 6.07 Å². The van der Waals surface area contributed by atoms with E-state index in [4.69, 9.17) is 9.72 Å². The van der Waals surface area contributed by atoms with Crippen LogP contribution in [0.3, 0.4) is 0 Å². The molecule has 0 amide bonds. The van der Waals surface area contributed by atoms with Gasteiger partial charge in [0.25, 0.3) is 0 Å². The normalized spacial score (nSPS) is 11.6. The van der Waals surface area contributed by atoms with Gasteiger partial charge in [0.1, 0.15) is 5.60 Å². The second kappa shape index (κ2) is 8.28. The Kier molecular flexibility index (Phi) is 6.34. The van der Waals surface area contributed by atoms with Crippen molar-refractivity contribution in [1.29, 1.82) is 0 Å². The van der Waals surface area contributed by atoms with Crippen molar-refractivity contribution in [3.63, 3.8) is 0 Å². The molecule has 5 nitrogen and oxygen atoms in total. The zero-order chi connectivity index (χ0) is 18.4. The Morgan fingerprint density at radius 1 is 1.20 bits per heavy atom. The van der Waals surface area contributed by atoms with Crippen LogP contribution in [-0.4, -0.2) is 26.3 Å². The van der Waals surface area contributed by atoms with Crippen molar-refractivity contribution in [3.8, 4) is 11.4 Å². The molecule has 0 spiro atoms. The number of aromatic nitrogens is 3. The first-order valence-corrected chi connectivity index (χ1v) is 9.11. The van der Waals surface area contributed by atoms with Crippen LogP contribution in [0.4, 0.5) is 0 Å². The summed E-state index contributed by atoms with van der Waals surface area (Å²) in [4.78, 5) is 17.0. The molecule has 0 N–H and O–H groups in total. The van der Waals surface area contributed by atoms with Crippen LogP contribution in [0.1, 0.15) is 70.1 Å². The summed E-state index contributed by atoms with van der Waals surface area (Å²) in [6.45, 7) is 10.7. The lowest BCUT2D eigenvalue weighted by Crippen LogP contribution is -2.23. The highest BCUT2D eigenvalue weighted by atomic mass is 16.6. The fraction of sp³-hybridized carbons (Fsp3) is 0.550. The molecule has 0 fully saturated rings. The zero-order valence-electron chi connectivity index (χ0n) is 16.0. The summed E-state index contributed by atoms with van der Waals surface area (Å²) in [6.07, 6.45) is 4.06. The summed E-state index contributed by atoms with van der Waals surface area (Å²) in [5.74, 6) is 1.37. The summed E-state index contributed by atoms with van der Waals surface area (Å²) in [5, 5.41) is 4.64. The number of aryl methyl sites for hydroxylation is 2. The lowest BCUT2D eigenvalue weighted by molar-refractivity contribution is 0.00696. The van der Waals surface area contributed by atoms with Crippen LogP contribution >= 0.6 is 0 Å². The van der Waals surface area contributed by atoms with E-state index in [1.807, 2.05) is 43.7 Å². The molecule has 0 saturated carbocycles. The molecule has 0 unspecified atom stereocenters. The van der Waals surface area contributed by atoms with E-state index in [-0.39, 0.29) is 5.97 Å². The number of hydrogen-bond acceptors (Lipinski definition) is 4. The van der Waals surface area contributed by atoms with Gasteiger partial charge in [-0.1, -0.05) is 32.4 Å². The first-order valence-electron chi connectivity index (χ1n) is 9.11. The van der Waals surface area contributed by atoms with Crippen LogP contribution in [0.2, 0.25) is 0 Å². The maximum atomic E-state index is 12.3. The average Bonchev–Trinajstić information content (AvgIpc) is 2.95. The molecule has 0 aliphatic carbocycles. The predicted octanol–water partition coefficient (Wildman–Crippen LogP) is 4.65. The number of rotatable bonds is 7. The van der Waals surface area contributed by atoms with E-state index in [1.165, 1.54) is 0 Å². The number of nitrogens with zero attached hydrogens (tertiary/aromatic N) is 3. The van der Waals surface area contributed by atoms with Gasteiger partial charge in [-0.3, -0.25) is 0 Å². The van der Waals surface area contributed by atoms with Crippen molar-refractivity contribution >= 4 is 5.97 Å². The molecular weight excluding hydrogens is 314 g/mol. The summed E-state index contributed by atoms with van der Waals surface area (Å²) in [7, 11) is 0. The van der Waals surface area contributed by atoms with Crippen LogP contribution in [0.5, 0.6) is 0 Å². The van der Waals surface area contributed by atoms with Gasteiger partial charge in [-0.25, -0.2) is 14.5 Å². The van der Waals surface area contributed by atoms with Gasteiger partial charge in [-0.15, -0.1) is 0 Å². The monoisotopic (exact) mass is 343 g/mol. The lowest BCUT2D eigenvalue weighted by Gasteiger charge is -2.19. The van der Waals surface area contributed by atoms with Crippen LogP contribution in [-0.2, 0) is 17.7 Å². The quantitative estimate of drug-likeness (QED) is 0.687. The summed E-state index contributed by atoms with van der Waals surface area (Å²) in [6, 6.07) is 7.45. The minimum absolute atomic E-state index is 0.317. The summed E-state index contributed by atoms with van der Waals surface area (Å²) in [5.41, 5.74) is 0.920. The first kappa shape index (κ1) is 19.2. The van der Waals surface area contributed by atoms with Gasteiger partial charge in [0.05, 0.1) is 5.56 Å². The van der Waals surface area contributed by atoms with Gasteiger partial charge < -0.3 is 4.74 Å². The number of unbranched alkanes of at least 4 members (excludes halogenated alkanes) is 1. The molecule has 1 heterocycles. The van der Waals surface area contributed by atoms with Crippen molar-refractivity contribution in [3.05, 3.63) is 35.7 Å². The molecule has 1 aromatic carbocycles. The van der Waals surface area contributed by atoms with E-state index in [0.717, 1.165) is 49.4 Å². The highest BCUT2D eigenvalue weighted by Gasteiger charge is 2.19. The standard InChI is InChI=1S/C20H29N3O2/c1-6-8-12-17-21-18(23(22-17)13-7-2)15-10-9-11-16(14-15)19(24)25-20(3,4)5/h9-11,14H,6-8,12-13H2,1-5H3. The van der Waals surface area contributed by atoms with Crippen LogP contribution < -0.4 is 0 Å². The van der Waals surface area contributed by atoms with E-state index in [2.05, 4.69) is 18.9 Å². The highest BCUT2D eigenvalue weighted by molar-refractivity contribution is 5.91. The smallest absolute Gasteiger partial charge is 0.338 e.